The van der Waals surface area contributed by atoms with Gasteiger partial charge in [-0.15, -0.1) is 0 Å². The minimum absolute atomic E-state index is 0.199. The van der Waals surface area contributed by atoms with Gasteiger partial charge in [0.25, 0.3) is 0 Å². The zero-order valence-electron chi connectivity index (χ0n) is 17.8. The van der Waals surface area contributed by atoms with Crippen LogP contribution in [-0.4, -0.2) is 8.07 Å². The summed E-state index contributed by atoms with van der Waals surface area (Å²) in [5.74, 6) is 0. The van der Waals surface area contributed by atoms with Gasteiger partial charge >= 0.3 is 0 Å². The highest BCUT2D eigenvalue weighted by atomic mass is 28.3. The summed E-state index contributed by atoms with van der Waals surface area (Å²) < 4.78 is 0. The maximum absolute atomic E-state index is 2.49. The molecule has 3 rings (SSSR count). The van der Waals surface area contributed by atoms with Gasteiger partial charge in [-0.2, -0.15) is 0 Å². The van der Waals surface area contributed by atoms with Crippen molar-refractivity contribution in [2.24, 2.45) is 0 Å². The number of hydrogen-bond acceptors (Lipinski definition) is 0. The first-order valence-electron chi connectivity index (χ1n) is 9.86. The van der Waals surface area contributed by atoms with Crippen molar-refractivity contribution in [1.82, 2.24) is 0 Å². The van der Waals surface area contributed by atoms with E-state index < -0.39 is 8.07 Å². The van der Waals surface area contributed by atoms with Crippen molar-refractivity contribution in [2.45, 2.75) is 71.5 Å². The molecule has 0 spiro atoms. The Morgan fingerprint density at radius 2 is 1.50 bits per heavy atom. The Hall–Kier alpha value is -1.60. The van der Waals surface area contributed by atoms with Gasteiger partial charge < -0.3 is 0 Å². The second-order valence-electron chi connectivity index (χ2n) is 10.5. The van der Waals surface area contributed by atoms with Crippen molar-refractivity contribution in [2.75, 3.05) is 0 Å². The lowest BCUT2D eigenvalue weighted by Gasteiger charge is -2.34. The van der Waals surface area contributed by atoms with Crippen LogP contribution in [0.5, 0.6) is 0 Å². The van der Waals surface area contributed by atoms with E-state index >= 15 is 0 Å². The SMILES string of the molecule is CC(C)(C)c1ccc(C2=CCC(C)(C)c3ccc([Si](C)(C)C)cc32)cc1. The molecule has 0 amide bonds. The highest BCUT2D eigenvalue weighted by Gasteiger charge is 2.30. The van der Waals surface area contributed by atoms with Gasteiger partial charge in [-0.05, 0) is 45.1 Å². The van der Waals surface area contributed by atoms with Gasteiger partial charge in [0.2, 0.25) is 0 Å². The predicted octanol–water partition coefficient (Wildman–Crippen LogP) is 6.64. The quantitative estimate of drug-likeness (QED) is 0.525. The lowest BCUT2D eigenvalue weighted by atomic mass is 9.72. The van der Waals surface area contributed by atoms with E-state index in [0.717, 1.165) is 6.42 Å². The summed E-state index contributed by atoms with van der Waals surface area (Å²) in [4.78, 5) is 0. The third-order valence-corrected chi connectivity index (χ3v) is 7.83. The minimum atomic E-state index is -1.33. The fraction of sp³-hybridized carbons (Fsp3) is 0.440. The van der Waals surface area contributed by atoms with E-state index in [0.29, 0.717) is 0 Å². The van der Waals surface area contributed by atoms with Crippen LogP contribution in [0.3, 0.4) is 0 Å². The molecule has 0 heterocycles. The molecule has 0 aromatic heterocycles. The van der Waals surface area contributed by atoms with Crippen LogP contribution in [0.4, 0.5) is 0 Å². The molecule has 26 heavy (non-hydrogen) atoms. The Labute approximate surface area is 161 Å². The number of rotatable bonds is 2. The van der Waals surface area contributed by atoms with Crippen LogP contribution < -0.4 is 5.19 Å². The van der Waals surface area contributed by atoms with Gasteiger partial charge in [-0.25, -0.2) is 0 Å². The minimum Gasteiger partial charge on any atom is -0.0752 e. The molecule has 1 aliphatic rings. The smallest absolute Gasteiger partial charge is 0.0752 e. The van der Waals surface area contributed by atoms with E-state index in [1.54, 1.807) is 5.19 Å². The lowest BCUT2D eigenvalue weighted by Crippen LogP contribution is -2.38. The monoisotopic (exact) mass is 362 g/mol. The van der Waals surface area contributed by atoms with Crippen LogP contribution in [0.25, 0.3) is 5.57 Å². The second kappa shape index (κ2) is 6.23. The molecule has 0 bridgehead atoms. The first kappa shape index (κ1) is 19.2. The normalized spacial score (nSPS) is 16.8. The highest BCUT2D eigenvalue weighted by Crippen LogP contribution is 2.41. The number of benzene rings is 2. The van der Waals surface area contributed by atoms with Gasteiger partial charge in [0.05, 0.1) is 8.07 Å². The molecule has 0 saturated heterocycles. The molecule has 0 nitrogen and oxygen atoms in total. The molecule has 1 aliphatic carbocycles. The average molecular weight is 363 g/mol. The Balaban J connectivity index is 2.12. The Bertz CT molecular complexity index is 837. The Kier molecular flexibility index (Phi) is 4.59. The molecule has 138 valence electrons. The molecule has 0 aliphatic heterocycles. The number of fused-ring (bicyclic) bond motifs is 1. The molecule has 0 atom stereocenters. The van der Waals surface area contributed by atoms with Crippen molar-refractivity contribution < 1.29 is 0 Å². The summed E-state index contributed by atoms with van der Waals surface area (Å²) in [6.07, 6.45) is 3.56. The van der Waals surface area contributed by atoms with Gasteiger partial charge in [-0.3, -0.25) is 0 Å². The van der Waals surface area contributed by atoms with E-state index in [9.17, 15) is 0 Å². The fourth-order valence-corrected chi connectivity index (χ4v) is 4.98. The summed E-state index contributed by atoms with van der Waals surface area (Å²) in [7, 11) is -1.33. The van der Waals surface area contributed by atoms with E-state index in [2.05, 4.69) is 103 Å². The Morgan fingerprint density at radius 1 is 0.885 bits per heavy atom. The van der Waals surface area contributed by atoms with Crippen LogP contribution in [0, 0.1) is 0 Å². The standard InChI is InChI=1S/C25H34Si/c1-24(2,3)19-11-9-18(10-12-19)21-15-16-25(4,5)23-14-13-20(17-22(21)23)26(6,7)8/h9-15,17H,16H2,1-8H3. The Morgan fingerprint density at radius 3 is 2.04 bits per heavy atom. The summed E-state index contributed by atoms with van der Waals surface area (Å²) in [5, 5.41) is 1.55. The van der Waals surface area contributed by atoms with E-state index in [4.69, 9.17) is 0 Å². The number of hydrogen-bond donors (Lipinski definition) is 0. The number of allylic oxidation sites excluding steroid dienone is 1. The zero-order chi connectivity index (χ0) is 19.3. The first-order valence-corrected chi connectivity index (χ1v) is 13.4. The van der Waals surface area contributed by atoms with Gasteiger partial charge in [0.15, 0.2) is 0 Å². The van der Waals surface area contributed by atoms with E-state index in [-0.39, 0.29) is 10.8 Å². The van der Waals surface area contributed by atoms with E-state index in [1.807, 2.05) is 0 Å². The largest absolute Gasteiger partial charge is 0.0776 e. The topological polar surface area (TPSA) is 0 Å². The summed E-state index contributed by atoms with van der Waals surface area (Å²) in [6, 6.07) is 16.5. The molecule has 2 aromatic carbocycles. The van der Waals surface area contributed by atoms with Crippen LogP contribution >= 0.6 is 0 Å². The van der Waals surface area contributed by atoms with Crippen LogP contribution in [0.15, 0.2) is 48.5 Å². The molecule has 0 fully saturated rings. The summed E-state index contributed by atoms with van der Waals surface area (Å²) >= 11 is 0. The van der Waals surface area contributed by atoms with Gasteiger partial charge in [0, 0.05) is 0 Å². The third kappa shape index (κ3) is 3.60. The van der Waals surface area contributed by atoms with Crippen molar-refractivity contribution in [3.8, 4) is 0 Å². The van der Waals surface area contributed by atoms with Crippen molar-refractivity contribution in [3.05, 3.63) is 70.8 Å². The predicted molar refractivity (Wildman–Crippen MR) is 119 cm³/mol. The molecule has 0 N–H and O–H groups in total. The summed E-state index contributed by atoms with van der Waals surface area (Å²) in [6.45, 7) is 18.9. The molecule has 0 saturated carbocycles. The fourth-order valence-electron chi connectivity index (χ4n) is 3.82. The first-order chi connectivity index (χ1) is 11.9. The van der Waals surface area contributed by atoms with Crippen molar-refractivity contribution in [1.29, 1.82) is 0 Å². The molecule has 1 heteroatoms. The second-order valence-corrected chi connectivity index (χ2v) is 15.6. The maximum Gasteiger partial charge on any atom is 0.0776 e. The van der Waals surface area contributed by atoms with Gasteiger partial charge in [0.1, 0.15) is 0 Å². The van der Waals surface area contributed by atoms with Crippen molar-refractivity contribution in [3.63, 3.8) is 0 Å². The molecular weight excluding hydrogens is 328 g/mol. The highest BCUT2D eigenvalue weighted by molar-refractivity contribution is 6.88. The van der Waals surface area contributed by atoms with Crippen molar-refractivity contribution >= 4 is 18.8 Å². The maximum atomic E-state index is 2.49. The van der Waals surface area contributed by atoms with Crippen LogP contribution in [0.2, 0.25) is 19.6 Å². The molecule has 2 aromatic rings. The van der Waals surface area contributed by atoms with E-state index in [1.165, 1.54) is 27.8 Å². The third-order valence-electron chi connectivity index (χ3n) is 5.78. The molecule has 0 radical (unpaired) electrons. The average Bonchev–Trinajstić information content (AvgIpc) is 2.53. The van der Waals surface area contributed by atoms with Gasteiger partial charge in [-0.1, -0.05) is 108 Å². The van der Waals surface area contributed by atoms with Crippen LogP contribution in [0.1, 0.15) is 63.3 Å². The van der Waals surface area contributed by atoms with Crippen LogP contribution in [-0.2, 0) is 10.8 Å². The zero-order valence-corrected chi connectivity index (χ0v) is 18.8. The molecule has 0 unspecified atom stereocenters. The summed E-state index contributed by atoms with van der Waals surface area (Å²) in [5.41, 5.74) is 7.52. The molecular formula is C25H34Si. The lowest BCUT2D eigenvalue weighted by molar-refractivity contribution is 0.527.